The average Bonchev–Trinajstić information content (AvgIpc) is 2.52. The summed E-state index contributed by atoms with van der Waals surface area (Å²) in [7, 11) is 0. The van der Waals surface area contributed by atoms with Crippen molar-refractivity contribution in [3.8, 4) is 0 Å². The van der Waals surface area contributed by atoms with E-state index in [4.69, 9.17) is 5.11 Å². The van der Waals surface area contributed by atoms with Crippen molar-refractivity contribution < 1.29 is 19.5 Å². The van der Waals surface area contributed by atoms with Gasteiger partial charge in [0, 0.05) is 24.2 Å². The van der Waals surface area contributed by atoms with E-state index < -0.39 is 17.9 Å². The van der Waals surface area contributed by atoms with E-state index in [0.717, 1.165) is 0 Å². The summed E-state index contributed by atoms with van der Waals surface area (Å²) in [6, 6.07) is 5.29. The Hall–Kier alpha value is -2.37. The number of hydrogen-bond acceptors (Lipinski definition) is 3. The third-order valence-electron chi connectivity index (χ3n) is 3.66. The van der Waals surface area contributed by atoms with Crippen LogP contribution < -0.4 is 5.32 Å². The molecule has 126 valence electrons. The molecule has 1 atom stereocenters. The van der Waals surface area contributed by atoms with Crippen molar-refractivity contribution >= 4 is 17.8 Å². The van der Waals surface area contributed by atoms with Crippen molar-refractivity contribution in [2.24, 2.45) is 5.92 Å². The van der Waals surface area contributed by atoms with Gasteiger partial charge in [0.2, 0.25) is 0 Å². The first-order valence-corrected chi connectivity index (χ1v) is 7.74. The summed E-state index contributed by atoms with van der Waals surface area (Å²) in [6.07, 6.45) is 0. The highest BCUT2D eigenvalue weighted by Crippen LogP contribution is 2.09. The van der Waals surface area contributed by atoms with Crippen molar-refractivity contribution in [3.63, 3.8) is 0 Å². The smallest absolute Gasteiger partial charge is 0.326 e. The summed E-state index contributed by atoms with van der Waals surface area (Å²) in [6.45, 7) is 8.50. The number of amides is 2. The molecule has 0 aliphatic heterocycles. The van der Waals surface area contributed by atoms with Crippen LogP contribution in [0.5, 0.6) is 0 Å². The molecule has 1 aromatic carbocycles. The molecule has 0 bridgehead atoms. The largest absolute Gasteiger partial charge is 0.480 e. The zero-order valence-corrected chi connectivity index (χ0v) is 14.0. The van der Waals surface area contributed by atoms with E-state index in [2.05, 4.69) is 5.32 Å². The first kappa shape index (κ1) is 18.7. The SMILES string of the molecule is CCN(CC)C(=O)c1ccc(C(=O)NC(C(=O)O)C(C)C)cc1. The van der Waals surface area contributed by atoms with Gasteiger partial charge in [-0.2, -0.15) is 0 Å². The minimum atomic E-state index is -1.07. The highest BCUT2D eigenvalue weighted by molar-refractivity contribution is 5.99. The summed E-state index contributed by atoms with van der Waals surface area (Å²) in [5.74, 6) is -1.85. The van der Waals surface area contributed by atoms with Crippen LogP contribution in [0.25, 0.3) is 0 Å². The molecule has 1 rings (SSSR count). The molecular formula is C17H24N2O4. The molecular weight excluding hydrogens is 296 g/mol. The molecule has 0 heterocycles. The van der Waals surface area contributed by atoms with Gasteiger partial charge >= 0.3 is 5.97 Å². The Kier molecular flexibility index (Phi) is 6.75. The molecule has 0 aliphatic rings. The van der Waals surface area contributed by atoms with Gasteiger partial charge in [-0.05, 0) is 44.0 Å². The van der Waals surface area contributed by atoms with Crippen LogP contribution >= 0.6 is 0 Å². The fourth-order valence-electron chi connectivity index (χ4n) is 2.20. The monoisotopic (exact) mass is 320 g/mol. The number of carboxylic acid groups (broad SMARTS) is 1. The minimum absolute atomic E-state index is 0.0902. The lowest BCUT2D eigenvalue weighted by atomic mass is 10.0. The summed E-state index contributed by atoms with van der Waals surface area (Å²) in [5.41, 5.74) is 0.830. The summed E-state index contributed by atoms with van der Waals surface area (Å²) in [4.78, 5) is 37.1. The highest BCUT2D eigenvalue weighted by Gasteiger charge is 2.24. The molecule has 6 nitrogen and oxygen atoms in total. The lowest BCUT2D eigenvalue weighted by molar-refractivity contribution is -0.140. The van der Waals surface area contributed by atoms with Crippen LogP contribution in [0.15, 0.2) is 24.3 Å². The standard InChI is InChI=1S/C17H24N2O4/c1-5-19(6-2)16(21)13-9-7-12(8-10-13)15(20)18-14(11(3)4)17(22)23/h7-11,14H,5-6H2,1-4H3,(H,18,20)(H,22,23). The first-order valence-electron chi connectivity index (χ1n) is 7.74. The zero-order valence-electron chi connectivity index (χ0n) is 14.0. The maximum absolute atomic E-state index is 12.2. The lowest BCUT2D eigenvalue weighted by Gasteiger charge is -2.19. The van der Waals surface area contributed by atoms with E-state index in [1.807, 2.05) is 13.8 Å². The Morgan fingerprint density at radius 1 is 1.04 bits per heavy atom. The fraction of sp³-hybridized carbons (Fsp3) is 0.471. The molecule has 0 saturated carbocycles. The molecule has 1 unspecified atom stereocenters. The Morgan fingerprint density at radius 2 is 1.52 bits per heavy atom. The number of aliphatic carboxylic acids is 1. The molecule has 0 aromatic heterocycles. The van der Waals surface area contributed by atoms with E-state index in [-0.39, 0.29) is 11.8 Å². The Balaban J connectivity index is 2.85. The van der Waals surface area contributed by atoms with E-state index in [1.54, 1.807) is 30.9 Å². The normalized spacial score (nSPS) is 11.9. The number of benzene rings is 1. The van der Waals surface area contributed by atoms with Crippen LogP contribution in [-0.4, -0.2) is 46.9 Å². The molecule has 23 heavy (non-hydrogen) atoms. The van der Waals surface area contributed by atoms with Gasteiger partial charge in [0.05, 0.1) is 0 Å². The average molecular weight is 320 g/mol. The van der Waals surface area contributed by atoms with Crippen LogP contribution in [0.4, 0.5) is 0 Å². The van der Waals surface area contributed by atoms with Gasteiger partial charge < -0.3 is 15.3 Å². The second-order valence-corrected chi connectivity index (χ2v) is 5.59. The second kappa shape index (κ2) is 8.31. The Morgan fingerprint density at radius 3 is 1.91 bits per heavy atom. The molecule has 2 N–H and O–H groups in total. The Bertz CT molecular complexity index is 562. The maximum atomic E-state index is 12.2. The number of nitrogens with one attached hydrogen (secondary N) is 1. The van der Waals surface area contributed by atoms with Gasteiger partial charge in [0.25, 0.3) is 11.8 Å². The molecule has 2 amide bonds. The van der Waals surface area contributed by atoms with E-state index in [9.17, 15) is 14.4 Å². The number of nitrogens with zero attached hydrogens (tertiary/aromatic N) is 1. The topological polar surface area (TPSA) is 86.7 Å². The number of carbonyl (C=O) groups excluding carboxylic acids is 2. The molecule has 0 radical (unpaired) electrons. The maximum Gasteiger partial charge on any atom is 0.326 e. The fourth-order valence-corrected chi connectivity index (χ4v) is 2.20. The highest BCUT2D eigenvalue weighted by atomic mass is 16.4. The van der Waals surface area contributed by atoms with Gasteiger partial charge in [-0.3, -0.25) is 9.59 Å². The predicted molar refractivity (Wildman–Crippen MR) is 87.4 cm³/mol. The zero-order chi connectivity index (χ0) is 17.6. The molecule has 6 heteroatoms. The molecule has 0 spiro atoms. The van der Waals surface area contributed by atoms with Gasteiger partial charge in [0.15, 0.2) is 0 Å². The quantitative estimate of drug-likeness (QED) is 0.804. The van der Waals surface area contributed by atoms with Crippen LogP contribution in [0.2, 0.25) is 0 Å². The van der Waals surface area contributed by atoms with Gasteiger partial charge in [-0.15, -0.1) is 0 Å². The number of carboxylic acids is 1. The number of carbonyl (C=O) groups is 3. The van der Waals surface area contributed by atoms with E-state index in [1.165, 1.54) is 12.1 Å². The van der Waals surface area contributed by atoms with Crippen LogP contribution in [-0.2, 0) is 4.79 Å². The van der Waals surface area contributed by atoms with Crippen LogP contribution in [0.3, 0.4) is 0 Å². The molecule has 1 aromatic rings. The second-order valence-electron chi connectivity index (χ2n) is 5.59. The van der Waals surface area contributed by atoms with E-state index in [0.29, 0.717) is 24.2 Å². The van der Waals surface area contributed by atoms with Crippen molar-refractivity contribution in [1.29, 1.82) is 0 Å². The van der Waals surface area contributed by atoms with Crippen molar-refractivity contribution in [1.82, 2.24) is 10.2 Å². The number of rotatable bonds is 7. The lowest BCUT2D eigenvalue weighted by Crippen LogP contribution is -2.44. The summed E-state index contributed by atoms with van der Waals surface area (Å²) >= 11 is 0. The summed E-state index contributed by atoms with van der Waals surface area (Å²) < 4.78 is 0. The van der Waals surface area contributed by atoms with Crippen molar-refractivity contribution in [2.75, 3.05) is 13.1 Å². The number of hydrogen-bond donors (Lipinski definition) is 2. The summed E-state index contributed by atoms with van der Waals surface area (Å²) in [5, 5.41) is 11.6. The third kappa shape index (κ3) is 4.81. The van der Waals surface area contributed by atoms with Gasteiger partial charge in [0.1, 0.15) is 6.04 Å². The van der Waals surface area contributed by atoms with Crippen LogP contribution in [0, 0.1) is 5.92 Å². The molecule has 0 fully saturated rings. The predicted octanol–water partition coefficient (Wildman–Crippen LogP) is 2.01. The minimum Gasteiger partial charge on any atom is -0.480 e. The molecule has 0 aliphatic carbocycles. The van der Waals surface area contributed by atoms with Crippen molar-refractivity contribution in [2.45, 2.75) is 33.7 Å². The third-order valence-corrected chi connectivity index (χ3v) is 3.66. The van der Waals surface area contributed by atoms with Gasteiger partial charge in [-0.1, -0.05) is 13.8 Å². The first-order chi connectivity index (χ1) is 10.8. The van der Waals surface area contributed by atoms with Crippen molar-refractivity contribution in [3.05, 3.63) is 35.4 Å². The molecule has 0 saturated heterocycles. The van der Waals surface area contributed by atoms with Gasteiger partial charge in [-0.25, -0.2) is 4.79 Å². The van der Waals surface area contributed by atoms with Crippen LogP contribution in [0.1, 0.15) is 48.4 Å². The van der Waals surface area contributed by atoms with E-state index >= 15 is 0 Å². The Labute approximate surface area is 136 Å².